The first-order chi connectivity index (χ1) is 9.63. The smallest absolute Gasteiger partial charge is 0.131 e. The number of phenols is 2. The highest BCUT2D eigenvalue weighted by Gasteiger charge is 2.13. The van der Waals surface area contributed by atoms with Crippen molar-refractivity contribution in [1.29, 1.82) is 0 Å². The van der Waals surface area contributed by atoms with E-state index in [-0.39, 0.29) is 11.5 Å². The zero-order valence-electron chi connectivity index (χ0n) is 11.2. The molecular weight excluding hydrogens is 256 g/mol. The van der Waals surface area contributed by atoms with Crippen LogP contribution < -0.4 is 9.47 Å². The third-order valence-corrected chi connectivity index (χ3v) is 3.37. The molecule has 0 aliphatic carbocycles. The number of methoxy groups -OCH3 is 2. The number of phenolic OH excluding ortho intramolecular Hbond substituents is 2. The molecule has 0 radical (unpaired) electrons. The van der Waals surface area contributed by atoms with Crippen molar-refractivity contribution in [3.63, 3.8) is 0 Å². The van der Waals surface area contributed by atoms with Gasteiger partial charge in [0.15, 0.2) is 0 Å². The van der Waals surface area contributed by atoms with Gasteiger partial charge in [0.1, 0.15) is 23.0 Å². The molecular formula is C16H14O4. The summed E-state index contributed by atoms with van der Waals surface area (Å²) in [6.07, 6.45) is 0. The van der Waals surface area contributed by atoms with E-state index in [1.54, 1.807) is 38.5 Å². The van der Waals surface area contributed by atoms with Gasteiger partial charge in [0.2, 0.25) is 0 Å². The Balaban J connectivity index is 2.57. The summed E-state index contributed by atoms with van der Waals surface area (Å²) >= 11 is 0. The summed E-state index contributed by atoms with van der Waals surface area (Å²) in [4.78, 5) is 0. The molecule has 0 aromatic heterocycles. The average Bonchev–Trinajstić information content (AvgIpc) is 2.44. The van der Waals surface area contributed by atoms with Crippen molar-refractivity contribution in [3.05, 3.63) is 36.4 Å². The monoisotopic (exact) mass is 270 g/mol. The maximum atomic E-state index is 9.73. The van der Waals surface area contributed by atoms with E-state index in [0.29, 0.717) is 11.5 Å². The quantitative estimate of drug-likeness (QED) is 0.700. The predicted molar refractivity (Wildman–Crippen MR) is 77.9 cm³/mol. The molecule has 0 unspecified atom stereocenters. The first-order valence-electron chi connectivity index (χ1n) is 6.14. The molecule has 2 N–H and O–H groups in total. The Morgan fingerprint density at radius 2 is 1.10 bits per heavy atom. The van der Waals surface area contributed by atoms with Crippen LogP contribution in [0.5, 0.6) is 23.0 Å². The Labute approximate surface area is 115 Å². The topological polar surface area (TPSA) is 58.9 Å². The van der Waals surface area contributed by atoms with Crippen LogP contribution in [0.25, 0.3) is 21.5 Å². The van der Waals surface area contributed by atoms with Crippen LogP contribution in [0.3, 0.4) is 0 Å². The van der Waals surface area contributed by atoms with Crippen LogP contribution in [0.1, 0.15) is 0 Å². The first-order valence-corrected chi connectivity index (χ1v) is 6.14. The van der Waals surface area contributed by atoms with Gasteiger partial charge in [0, 0.05) is 22.9 Å². The predicted octanol–water partition coefficient (Wildman–Crippen LogP) is 3.42. The highest BCUT2D eigenvalue weighted by molar-refractivity contribution is 6.14. The van der Waals surface area contributed by atoms with Crippen LogP contribution in [0.15, 0.2) is 36.4 Å². The molecule has 0 amide bonds. The highest BCUT2D eigenvalue weighted by Crippen LogP contribution is 2.41. The Kier molecular flexibility index (Phi) is 2.79. The van der Waals surface area contributed by atoms with Crippen LogP contribution in [-0.2, 0) is 0 Å². The molecule has 0 fully saturated rings. The lowest BCUT2D eigenvalue weighted by Crippen LogP contribution is -1.90. The number of rotatable bonds is 2. The summed E-state index contributed by atoms with van der Waals surface area (Å²) in [6.45, 7) is 0. The molecule has 0 heterocycles. The molecule has 4 heteroatoms. The molecule has 3 aromatic rings. The molecule has 0 aliphatic rings. The highest BCUT2D eigenvalue weighted by atomic mass is 16.5. The van der Waals surface area contributed by atoms with Crippen molar-refractivity contribution in [3.8, 4) is 23.0 Å². The largest absolute Gasteiger partial charge is 0.508 e. The van der Waals surface area contributed by atoms with Gasteiger partial charge >= 0.3 is 0 Å². The molecule has 3 rings (SSSR count). The molecule has 0 saturated carbocycles. The fourth-order valence-electron chi connectivity index (χ4n) is 2.54. The summed E-state index contributed by atoms with van der Waals surface area (Å²) in [5, 5.41) is 22.9. The number of benzene rings is 3. The lowest BCUT2D eigenvalue weighted by molar-refractivity contribution is 0.409. The lowest BCUT2D eigenvalue weighted by Gasteiger charge is -2.13. The Bertz CT molecular complexity index is 740. The van der Waals surface area contributed by atoms with Gasteiger partial charge in [-0.3, -0.25) is 0 Å². The van der Waals surface area contributed by atoms with Gasteiger partial charge in [-0.1, -0.05) is 12.1 Å². The minimum atomic E-state index is 0.145. The van der Waals surface area contributed by atoms with Gasteiger partial charge in [-0.2, -0.15) is 0 Å². The Hall–Kier alpha value is -2.62. The molecule has 0 atom stereocenters. The van der Waals surface area contributed by atoms with Gasteiger partial charge in [-0.25, -0.2) is 0 Å². The lowest BCUT2D eigenvalue weighted by atomic mass is 9.99. The van der Waals surface area contributed by atoms with Gasteiger partial charge in [-0.15, -0.1) is 0 Å². The first kappa shape index (κ1) is 12.4. The minimum Gasteiger partial charge on any atom is -0.508 e. The van der Waals surface area contributed by atoms with E-state index in [0.717, 1.165) is 21.5 Å². The zero-order valence-corrected chi connectivity index (χ0v) is 11.2. The second-order valence-electron chi connectivity index (χ2n) is 4.56. The summed E-state index contributed by atoms with van der Waals surface area (Å²) in [7, 11) is 3.11. The number of ether oxygens (including phenoxy) is 2. The second-order valence-corrected chi connectivity index (χ2v) is 4.56. The van der Waals surface area contributed by atoms with Crippen molar-refractivity contribution in [2.75, 3.05) is 14.2 Å². The summed E-state index contributed by atoms with van der Waals surface area (Å²) < 4.78 is 10.7. The zero-order chi connectivity index (χ0) is 14.3. The maximum Gasteiger partial charge on any atom is 0.131 e. The molecule has 0 bridgehead atoms. The standard InChI is InChI=1S/C16H14O4/c1-19-13-7-11(17)5-9-3-4-10-6-12(18)8-14(20-2)16(10)15(9)13/h3-8,17-18H,1-2H3. The maximum absolute atomic E-state index is 9.73. The normalized spacial score (nSPS) is 10.9. The van der Waals surface area contributed by atoms with Gasteiger partial charge in [0.25, 0.3) is 0 Å². The van der Waals surface area contributed by atoms with E-state index in [2.05, 4.69) is 0 Å². The molecule has 3 aromatic carbocycles. The molecule has 102 valence electrons. The third kappa shape index (κ3) is 1.77. The number of hydrogen-bond acceptors (Lipinski definition) is 4. The SMILES string of the molecule is COc1cc(O)cc2ccc3cc(O)cc(OC)c3c12. The number of hydrogen-bond donors (Lipinski definition) is 2. The van der Waals surface area contributed by atoms with Crippen LogP contribution in [0.4, 0.5) is 0 Å². The molecule has 0 spiro atoms. The summed E-state index contributed by atoms with van der Waals surface area (Å²) in [6, 6.07) is 10.2. The fourth-order valence-corrected chi connectivity index (χ4v) is 2.54. The van der Waals surface area contributed by atoms with E-state index in [1.807, 2.05) is 12.1 Å². The van der Waals surface area contributed by atoms with E-state index in [9.17, 15) is 10.2 Å². The van der Waals surface area contributed by atoms with Gasteiger partial charge in [0.05, 0.1) is 14.2 Å². The van der Waals surface area contributed by atoms with Crippen molar-refractivity contribution in [1.82, 2.24) is 0 Å². The van der Waals surface area contributed by atoms with Crippen molar-refractivity contribution in [2.24, 2.45) is 0 Å². The summed E-state index contributed by atoms with van der Waals surface area (Å²) in [5.74, 6) is 1.42. The Morgan fingerprint density at radius 3 is 1.45 bits per heavy atom. The average molecular weight is 270 g/mol. The number of aromatic hydroxyl groups is 2. The van der Waals surface area contributed by atoms with Crippen LogP contribution in [-0.4, -0.2) is 24.4 Å². The molecule has 20 heavy (non-hydrogen) atoms. The third-order valence-electron chi connectivity index (χ3n) is 3.37. The van der Waals surface area contributed by atoms with Crippen molar-refractivity contribution >= 4 is 21.5 Å². The number of fused-ring (bicyclic) bond motifs is 3. The van der Waals surface area contributed by atoms with Crippen LogP contribution in [0.2, 0.25) is 0 Å². The Morgan fingerprint density at radius 1 is 0.700 bits per heavy atom. The molecule has 0 saturated heterocycles. The van der Waals surface area contributed by atoms with E-state index >= 15 is 0 Å². The second kappa shape index (κ2) is 4.49. The van der Waals surface area contributed by atoms with Crippen molar-refractivity contribution < 1.29 is 19.7 Å². The van der Waals surface area contributed by atoms with E-state index < -0.39 is 0 Å². The summed E-state index contributed by atoms with van der Waals surface area (Å²) in [5.41, 5.74) is 0. The van der Waals surface area contributed by atoms with Gasteiger partial charge < -0.3 is 19.7 Å². The van der Waals surface area contributed by atoms with Crippen molar-refractivity contribution in [2.45, 2.75) is 0 Å². The van der Waals surface area contributed by atoms with Crippen LogP contribution in [0, 0.1) is 0 Å². The fraction of sp³-hybridized carbons (Fsp3) is 0.125. The minimum absolute atomic E-state index is 0.145. The van der Waals surface area contributed by atoms with E-state index in [1.165, 1.54) is 0 Å². The molecule has 4 nitrogen and oxygen atoms in total. The van der Waals surface area contributed by atoms with E-state index in [4.69, 9.17) is 9.47 Å². The van der Waals surface area contributed by atoms with Crippen LogP contribution >= 0.6 is 0 Å². The molecule has 0 aliphatic heterocycles. The van der Waals surface area contributed by atoms with Gasteiger partial charge in [-0.05, 0) is 22.9 Å².